The Kier molecular flexibility index (Phi) is 7.35. The van der Waals surface area contributed by atoms with Crippen LogP contribution in [0.3, 0.4) is 0 Å². The Labute approximate surface area is 127 Å². The SMILES string of the molecule is C=C(C)C(=O)OCCOCC(CC)C1COC(C)(C)OC1. The third kappa shape index (κ3) is 6.59. The predicted molar refractivity (Wildman–Crippen MR) is 79.8 cm³/mol. The predicted octanol–water partition coefficient (Wildman–Crippen LogP) is 2.55. The van der Waals surface area contributed by atoms with Gasteiger partial charge in [-0.05, 0) is 26.7 Å². The van der Waals surface area contributed by atoms with Gasteiger partial charge in [-0.1, -0.05) is 19.9 Å². The lowest BCUT2D eigenvalue weighted by atomic mass is 9.91. The van der Waals surface area contributed by atoms with Crippen LogP contribution in [0.1, 0.15) is 34.1 Å². The fourth-order valence-electron chi connectivity index (χ4n) is 2.12. The maximum absolute atomic E-state index is 11.2. The van der Waals surface area contributed by atoms with Gasteiger partial charge in [-0.15, -0.1) is 0 Å². The first-order chi connectivity index (χ1) is 9.85. The van der Waals surface area contributed by atoms with Crippen molar-refractivity contribution in [1.82, 2.24) is 0 Å². The molecule has 122 valence electrons. The molecule has 0 amide bonds. The molecule has 0 N–H and O–H groups in total. The van der Waals surface area contributed by atoms with Gasteiger partial charge in [0.1, 0.15) is 6.61 Å². The molecule has 1 aliphatic heterocycles. The first-order valence-corrected chi connectivity index (χ1v) is 7.54. The molecular weight excluding hydrogens is 272 g/mol. The van der Waals surface area contributed by atoms with Crippen molar-refractivity contribution in [1.29, 1.82) is 0 Å². The molecule has 0 aliphatic carbocycles. The molecule has 0 aromatic heterocycles. The Morgan fingerprint density at radius 3 is 2.48 bits per heavy atom. The van der Waals surface area contributed by atoms with E-state index in [2.05, 4.69) is 13.5 Å². The number of hydrogen-bond donors (Lipinski definition) is 0. The van der Waals surface area contributed by atoms with Crippen molar-refractivity contribution < 1.29 is 23.7 Å². The molecule has 0 radical (unpaired) electrons. The summed E-state index contributed by atoms with van der Waals surface area (Å²) in [6.45, 7) is 13.8. The van der Waals surface area contributed by atoms with E-state index in [4.69, 9.17) is 18.9 Å². The first-order valence-electron chi connectivity index (χ1n) is 7.54. The Morgan fingerprint density at radius 2 is 1.95 bits per heavy atom. The zero-order valence-corrected chi connectivity index (χ0v) is 13.6. The van der Waals surface area contributed by atoms with Crippen LogP contribution in [0.15, 0.2) is 12.2 Å². The Hall–Kier alpha value is -0.910. The van der Waals surface area contributed by atoms with Crippen molar-refractivity contribution in [2.24, 2.45) is 11.8 Å². The van der Waals surface area contributed by atoms with Crippen LogP contribution in [-0.4, -0.2) is 44.8 Å². The average molecular weight is 300 g/mol. The molecule has 1 unspecified atom stereocenters. The van der Waals surface area contributed by atoms with Gasteiger partial charge in [0.05, 0.1) is 19.8 Å². The van der Waals surface area contributed by atoms with Gasteiger partial charge in [0.25, 0.3) is 0 Å². The molecular formula is C16H28O5. The van der Waals surface area contributed by atoms with Crippen molar-refractivity contribution in [3.63, 3.8) is 0 Å². The summed E-state index contributed by atoms with van der Waals surface area (Å²) in [5, 5.41) is 0. The van der Waals surface area contributed by atoms with Crippen LogP contribution >= 0.6 is 0 Å². The fourth-order valence-corrected chi connectivity index (χ4v) is 2.12. The highest BCUT2D eigenvalue weighted by atomic mass is 16.7. The molecule has 1 aliphatic rings. The summed E-state index contributed by atoms with van der Waals surface area (Å²) in [4.78, 5) is 11.2. The molecule has 5 heteroatoms. The van der Waals surface area contributed by atoms with Crippen LogP contribution in [0.2, 0.25) is 0 Å². The lowest BCUT2D eigenvalue weighted by Crippen LogP contribution is -2.42. The Bertz CT molecular complexity index is 341. The van der Waals surface area contributed by atoms with Crippen LogP contribution in [0.4, 0.5) is 0 Å². The quantitative estimate of drug-likeness (QED) is 0.392. The van der Waals surface area contributed by atoms with Crippen molar-refractivity contribution in [3.8, 4) is 0 Å². The van der Waals surface area contributed by atoms with Gasteiger partial charge >= 0.3 is 5.97 Å². The number of hydrogen-bond acceptors (Lipinski definition) is 5. The van der Waals surface area contributed by atoms with Gasteiger partial charge in [-0.3, -0.25) is 0 Å². The van der Waals surface area contributed by atoms with E-state index in [0.29, 0.717) is 43.8 Å². The van der Waals surface area contributed by atoms with E-state index in [1.807, 2.05) is 13.8 Å². The molecule has 1 heterocycles. The third-order valence-electron chi connectivity index (χ3n) is 3.62. The van der Waals surface area contributed by atoms with Crippen molar-refractivity contribution >= 4 is 5.97 Å². The lowest BCUT2D eigenvalue weighted by molar-refractivity contribution is -0.269. The highest BCUT2D eigenvalue weighted by molar-refractivity contribution is 5.86. The number of esters is 1. The van der Waals surface area contributed by atoms with E-state index in [9.17, 15) is 4.79 Å². The summed E-state index contributed by atoms with van der Waals surface area (Å²) in [5.74, 6) is -0.118. The van der Waals surface area contributed by atoms with E-state index in [1.165, 1.54) is 0 Å². The van der Waals surface area contributed by atoms with Crippen molar-refractivity contribution in [3.05, 3.63) is 12.2 Å². The van der Waals surface area contributed by atoms with Crippen LogP contribution in [-0.2, 0) is 23.7 Å². The van der Waals surface area contributed by atoms with E-state index in [-0.39, 0.29) is 12.6 Å². The first kappa shape index (κ1) is 18.1. The summed E-state index contributed by atoms with van der Waals surface area (Å²) in [6, 6.07) is 0. The fraction of sp³-hybridized carbons (Fsp3) is 0.812. The zero-order chi connectivity index (χ0) is 15.9. The maximum Gasteiger partial charge on any atom is 0.333 e. The molecule has 0 spiro atoms. The minimum Gasteiger partial charge on any atom is -0.460 e. The van der Waals surface area contributed by atoms with Gasteiger partial charge < -0.3 is 18.9 Å². The second-order valence-corrected chi connectivity index (χ2v) is 5.94. The topological polar surface area (TPSA) is 54.0 Å². The van der Waals surface area contributed by atoms with Crippen LogP contribution in [0.25, 0.3) is 0 Å². The second kappa shape index (κ2) is 8.51. The highest BCUT2D eigenvalue weighted by Gasteiger charge is 2.32. The number of rotatable bonds is 8. The molecule has 0 aromatic carbocycles. The molecule has 21 heavy (non-hydrogen) atoms. The lowest BCUT2D eigenvalue weighted by Gasteiger charge is -2.38. The molecule has 1 rings (SSSR count). The van der Waals surface area contributed by atoms with E-state index >= 15 is 0 Å². The minimum absolute atomic E-state index is 0.257. The third-order valence-corrected chi connectivity index (χ3v) is 3.62. The number of ether oxygens (including phenoxy) is 4. The summed E-state index contributed by atoms with van der Waals surface area (Å²) >= 11 is 0. The largest absolute Gasteiger partial charge is 0.460 e. The number of carbonyl (C=O) groups excluding carboxylic acids is 1. The minimum atomic E-state index is -0.480. The van der Waals surface area contributed by atoms with Crippen LogP contribution < -0.4 is 0 Å². The van der Waals surface area contributed by atoms with Crippen molar-refractivity contribution in [2.45, 2.75) is 39.9 Å². The van der Waals surface area contributed by atoms with E-state index in [0.717, 1.165) is 6.42 Å². The zero-order valence-electron chi connectivity index (χ0n) is 13.6. The van der Waals surface area contributed by atoms with Gasteiger partial charge in [0.15, 0.2) is 5.79 Å². The molecule has 5 nitrogen and oxygen atoms in total. The van der Waals surface area contributed by atoms with Gasteiger partial charge in [0, 0.05) is 18.1 Å². The standard InChI is InChI=1S/C16H28O5/c1-6-13(14-10-20-16(4,5)21-11-14)9-18-7-8-19-15(17)12(2)3/h13-14H,2,6-11H2,1,3-5H3. The second-order valence-electron chi connectivity index (χ2n) is 5.94. The molecule has 1 saturated heterocycles. The summed E-state index contributed by atoms with van der Waals surface area (Å²) in [5.41, 5.74) is 0.403. The highest BCUT2D eigenvalue weighted by Crippen LogP contribution is 2.27. The molecule has 1 fully saturated rings. The summed E-state index contributed by atoms with van der Waals surface area (Å²) in [7, 11) is 0. The molecule has 0 saturated carbocycles. The van der Waals surface area contributed by atoms with Gasteiger partial charge in [0.2, 0.25) is 0 Å². The monoisotopic (exact) mass is 300 g/mol. The van der Waals surface area contributed by atoms with Gasteiger partial charge in [-0.25, -0.2) is 4.79 Å². The molecule has 1 atom stereocenters. The summed E-state index contributed by atoms with van der Waals surface area (Å²) < 4.78 is 22.0. The van der Waals surface area contributed by atoms with Crippen LogP contribution in [0, 0.1) is 11.8 Å². The normalized spacial score (nSPS) is 20.0. The number of carbonyl (C=O) groups is 1. The smallest absolute Gasteiger partial charge is 0.333 e. The molecule has 0 aromatic rings. The Balaban J connectivity index is 2.20. The molecule has 0 bridgehead atoms. The van der Waals surface area contributed by atoms with Crippen LogP contribution in [0.5, 0.6) is 0 Å². The maximum atomic E-state index is 11.2. The Morgan fingerprint density at radius 1 is 1.33 bits per heavy atom. The average Bonchev–Trinajstić information content (AvgIpc) is 2.43. The van der Waals surface area contributed by atoms with E-state index < -0.39 is 5.79 Å². The van der Waals surface area contributed by atoms with Gasteiger partial charge in [-0.2, -0.15) is 0 Å². The summed E-state index contributed by atoms with van der Waals surface area (Å²) in [6.07, 6.45) is 1.00. The van der Waals surface area contributed by atoms with Crippen molar-refractivity contribution in [2.75, 3.05) is 33.0 Å². The van der Waals surface area contributed by atoms with E-state index in [1.54, 1.807) is 6.92 Å².